The first-order chi connectivity index (χ1) is 9.38. The lowest BCUT2D eigenvalue weighted by Crippen LogP contribution is -2.18. The Morgan fingerprint density at radius 1 is 1.00 bits per heavy atom. The van der Waals surface area contributed by atoms with Crippen LogP contribution in [0.1, 0.15) is 21.5 Å². The molecule has 2 rings (SSSR count). The maximum Gasteiger partial charge on any atom is 0.417 e. The molecular weight excluding hydrogens is 267 g/mol. The molecule has 20 heavy (non-hydrogen) atoms. The molecule has 2 aromatic rings. The predicted octanol–water partition coefficient (Wildman–Crippen LogP) is 4.14. The molecule has 1 N–H and O–H groups in total. The second-order valence-corrected chi connectivity index (χ2v) is 4.19. The van der Waals surface area contributed by atoms with Gasteiger partial charge in [-0.3, -0.25) is 4.79 Å². The van der Waals surface area contributed by atoms with Crippen molar-refractivity contribution < 1.29 is 18.0 Å². The number of carbonyl (C=O) groups excluding carboxylic acids is 1. The lowest BCUT2D eigenvalue weighted by molar-refractivity contribution is -0.137. The molecule has 5 heteroatoms. The van der Waals surface area contributed by atoms with Gasteiger partial charge in [-0.15, -0.1) is 0 Å². The zero-order valence-electron chi connectivity index (χ0n) is 10.4. The summed E-state index contributed by atoms with van der Waals surface area (Å²) in [5.74, 6) is -0.797. The molecule has 0 aliphatic heterocycles. The fourth-order valence-electron chi connectivity index (χ4n) is 1.71. The van der Waals surface area contributed by atoms with Gasteiger partial charge in [0, 0.05) is 5.69 Å². The highest BCUT2D eigenvalue weighted by atomic mass is 19.4. The van der Waals surface area contributed by atoms with Crippen molar-refractivity contribution in [1.29, 1.82) is 0 Å². The zero-order chi connectivity index (χ0) is 14.8. The minimum absolute atomic E-state index is 0.404. The molecule has 0 bridgehead atoms. The summed E-state index contributed by atoms with van der Waals surface area (Å²) in [6.45, 7) is 3.68. The summed E-state index contributed by atoms with van der Waals surface area (Å²) in [6, 6.07) is 11.1. The molecule has 0 atom stereocenters. The number of benzene rings is 2. The van der Waals surface area contributed by atoms with Crippen molar-refractivity contribution in [3.05, 3.63) is 72.1 Å². The SMILES string of the molecule is [CH2]c1ccc(NC(=O)c2ccccc2C(F)(F)F)cc1. The third kappa shape index (κ3) is 3.17. The summed E-state index contributed by atoms with van der Waals surface area (Å²) in [6.07, 6.45) is -4.56. The molecule has 0 saturated heterocycles. The van der Waals surface area contributed by atoms with E-state index in [0.717, 1.165) is 17.7 Å². The summed E-state index contributed by atoms with van der Waals surface area (Å²) in [4.78, 5) is 11.9. The van der Waals surface area contributed by atoms with Crippen LogP contribution in [0.4, 0.5) is 18.9 Å². The molecule has 0 unspecified atom stereocenters. The number of hydrogen-bond acceptors (Lipinski definition) is 1. The lowest BCUT2D eigenvalue weighted by Gasteiger charge is -2.12. The van der Waals surface area contributed by atoms with Gasteiger partial charge < -0.3 is 5.32 Å². The molecule has 1 amide bonds. The van der Waals surface area contributed by atoms with Crippen LogP contribution in [0.15, 0.2) is 48.5 Å². The first-order valence-corrected chi connectivity index (χ1v) is 5.77. The standard InChI is InChI=1S/C15H11F3NO/c1-10-6-8-11(9-7-10)19-14(20)12-4-2-3-5-13(12)15(16,17)18/h2-9H,1H2,(H,19,20). The second kappa shape index (κ2) is 5.36. The molecule has 2 aromatic carbocycles. The normalized spacial score (nSPS) is 11.2. The molecule has 0 saturated carbocycles. The summed E-state index contributed by atoms with van der Waals surface area (Å²) in [5, 5.41) is 2.43. The van der Waals surface area contributed by atoms with Gasteiger partial charge in [-0.1, -0.05) is 24.3 Å². The van der Waals surface area contributed by atoms with Crippen LogP contribution in [0.3, 0.4) is 0 Å². The molecule has 0 heterocycles. The van der Waals surface area contributed by atoms with Crippen molar-refractivity contribution >= 4 is 11.6 Å². The molecule has 103 valence electrons. The first kappa shape index (κ1) is 14.1. The topological polar surface area (TPSA) is 29.1 Å². The summed E-state index contributed by atoms with van der Waals surface area (Å²) < 4.78 is 38.4. The van der Waals surface area contributed by atoms with E-state index in [9.17, 15) is 18.0 Å². The van der Waals surface area contributed by atoms with E-state index in [1.165, 1.54) is 12.1 Å². The smallest absolute Gasteiger partial charge is 0.322 e. The first-order valence-electron chi connectivity index (χ1n) is 5.77. The minimum Gasteiger partial charge on any atom is -0.322 e. The van der Waals surface area contributed by atoms with E-state index < -0.39 is 23.2 Å². The van der Waals surface area contributed by atoms with Crippen LogP contribution in [-0.2, 0) is 6.18 Å². The molecule has 0 aliphatic rings. The van der Waals surface area contributed by atoms with Crippen molar-refractivity contribution in [3.63, 3.8) is 0 Å². The van der Waals surface area contributed by atoms with Crippen LogP contribution >= 0.6 is 0 Å². The van der Waals surface area contributed by atoms with Gasteiger partial charge in [0.15, 0.2) is 0 Å². The van der Waals surface area contributed by atoms with Gasteiger partial charge >= 0.3 is 6.18 Å². The van der Waals surface area contributed by atoms with E-state index in [2.05, 4.69) is 12.2 Å². The fourth-order valence-corrected chi connectivity index (χ4v) is 1.71. The number of anilines is 1. The number of rotatable bonds is 2. The summed E-state index contributed by atoms with van der Waals surface area (Å²) in [5.41, 5.74) is -0.192. The van der Waals surface area contributed by atoms with Crippen molar-refractivity contribution in [2.75, 3.05) is 5.32 Å². The van der Waals surface area contributed by atoms with Crippen molar-refractivity contribution in [1.82, 2.24) is 0 Å². The Balaban J connectivity index is 2.28. The van der Waals surface area contributed by atoms with Crippen LogP contribution in [0.2, 0.25) is 0 Å². The Hall–Kier alpha value is -2.30. The van der Waals surface area contributed by atoms with Gasteiger partial charge in [0.25, 0.3) is 5.91 Å². The Morgan fingerprint density at radius 2 is 1.60 bits per heavy atom. The quantitative estimate of drug-likeness (QED) is 0.878. The monoisotopic (exact) mass is 278 g/mol. The van der Waals surface area contributed by atoms with E-state index >= 15 is 0 Å². The highest BCUT2D eigenvalue weighted by Crippen LogP contribution is 2.32. The number of nitrogens with one attached hydrogen (secondary N) is 1. The fraction of sp³-hybridized carbons (Fsp3) is 0.0667. The highest BCUT2D eigenvalue weighted by Gasteiger charge is 2.34. The van der Waals surface area contributed by atoms with E-state index in [0.29, 0.717) is 5.69 Å². The van der Waals surface area contributed by atoms with Gasteiger partial charge in [-0.25, -0.2) is 0 Å². The molecule has 0 spiro atoms. The highest BCUT2D eigenvalue weighted by molar-refractivity contribution is 6.05. The molecular formula is C15H11F3NO. The van der Waals surface area contributed by atoms with E-state index in [1.54, 1.807) is 24.3 Å². The number of hydrogen-bond donors (Lipinski definition) is 1. The minimum atomic E-state index is -4.56. The van der Waals surface area contributed by atoms with E-state index in [-0.39, 0.29) is 0 Å². The number of amides is 1. The maximum absolute atomic E-state index is 12.8. The number of carbonyl (C=O) groups is 1. The van der Waals surface area contributed by atoms with Crippen LogP contribution in [0, 0.1) is 6.92 Å². The Kier molecular flexibility index (Phi) is 3.79. The van der Waals surface area contributed by atoms with Crippen LogP contribution in [0.5, 0.6) is 0 Å². The van der Waals surface area contributed by atoms with Crippen molar-refractivity contribution in [2.45, 2.75) is 6.18 Å². The Labute approximate surface area is 114 Å². The summed E-state index contributed by atoms with van der Waals surface area (Å²) >= 11 is 0. The molecule has 0 aliphatic carbocycles. The lowest BCUT2D eigenvalue weighted by atomic mass is 10.1. The number of alkyl halides is 3. The largest absolute Gasteiger partial charge is 0.417 e. The van der Waals surface area contributed by atoms with Gasteiger partial charge in [-0.05, 0) is 36.8 Å². The molecule has 1 radical (unpaired) electrons. The van der Waals surface area contributed by atoms with Crippen molar-refractivity contribution in [3.8, 4) is 0 Å². The molecule has 0 aromatic heterocycles. The van der Waals surface area contributed by atoms with Gasteiger partial charge in [-0.2, -0.15) is 13.2 Å². The maximum atomic E-state index is 12.8. The number of halogens is 3. The van der Waals surface area contributed by atoms with Crippen LogP contribution in [0.25, 0.3) is 0 Å². The third-order valence-electron chi connectivity index (χ3n) is 2.69. The molecule has 2 nitrogen and oxygen atoms in total. The van der Waals surface area contributed by atoms with E-state index in [1.807, 2.05) is 0 Å². The zero-order valence-corrected chi connectivity index (χ0v) is 10.4. The Bertz CT molecular complexity index is 618. The van der Waals surface area contributed by atoms with Gasteiger partial charge in [0.1, 0.15) is 0 Å². The van der Waals surface area contributed by atoms with Gasteiger partial charge in [0.2, 0.25) is 0 Å². The summed E-state index contributed by atoms with van der Waals surface area (Å²) in [7, 11) is 0. The average Bonchev–Trinajstić information content (AvgIpc) is 2.40. The third-order valence-corrected chi connectivity index (χ3v) is 2.69. The van der Waals surface area contributed by atoms with Crippen LogP contribution in [-0.4, -0.2) is 5.91 Å². The average molecular weight is 278 g/mol. The Morgan fingerprint density at radius 3 is 2.20 bits per heavy atom. The second-order valence-electron chi connectivity index (χ2n) is 4.19. The van der Waals surface area contributed by atoms with Crippen LogP contribution < -0.4 is 5.32 Å². The van der Waals surface area contributed by atoms with Gasteiger partial charge in [0.05, 0.1) is 11.1 Å². The van der Waals surface area contributed by atoms with E-state index in [4.69, 9.17) is 0 Å². The van der Waals surface area contributed by atoms with Crippen molar-refractivity contribution in [2.24, 2.45) is 0 Å². The molecule has 0 fully saturated rings. The predicted molar refractivity (Wildman–Crippen MR) is 70.3 cm³/mol.